The lowest BCUT2D eigenvalue weighted by Gasteiger charge is -2.47. The van der Waals surface area contributed by atoms with Gasteiger partial charge in [0.1, 0.15) is 11.4 Å². The fourth-order valence-electron chi connectivity index (χ4n) is 3.24. The average Bonchev–Trinajstić information content (AvgIpc) is 3.04. The number of piperidine rings is 3. The Morgan fingerprint density at radius 1 is 1.17 bits per heavy atom. The maximum absolute atomic E-state index is 6.24. The van der Waals surface area contributed by atoms with Crippen LogP contribution in [0, 0.1) is 0 Å². The van der Waals surface area contributed by atoms with E-state index in [0.29, 0.717) is 23.4 Å². The Morgan fingerprint density at radius 2 is 1.96 bits per heavy atom. The van der Waals surface area contributed by atoms with E-state index in [2.05, 4.69) is 30.4 Å². The first-order valence-electron chi connectivity index (χ1n) is 7.85. The Bertz CT molecular complexity index is 666. The van der Waals surface area contributed by atoms with Gasteiger partial charge in [0, 0.05) is 25.7 Å². The van der Waals surface area contributed by atoms with Gasteiger partial charge in [-0.15, -0.1) is 5.10 Å². The van der Waals surface area contributed by atoms with E-state index in [4.69, 9.17) is 9.47 Å². The predicted molar refractivity (Wildman–Crippen MR) is 84.1 cm³/mol. The van der Waals surface area contributed by atoms with Gasteiger partial charge in [0.15, 0.2) is 5.82 Å². The van der Waals surface area contributed by atoms with Crippen LogP contribution in [0.3, 0.4) is 0 Å². The van der Waals surface area contributed by atoms with Crippen LogP contribution >= 0.6 is 0 Å². The quantitative estimate of drug-likeness (QED) is 0.865. The normalized spacial score (nSPS) is 26.0. The van der Waals surface area contributed by atoms with Gasteiger partial charge in [-0.05, 0) is 19.3 Å². The van der Waals surface area contributed by atoms with Crippen molar-refractivity contribution in [2.45, 2.75) is 24.9 Å². The number of hydrogen-bond acceptors (Lipinski definition) is 7. The number of fused-ring (bicyclic) bond motifs is 3. The van der Waals surface area contributed by atoms with Crippen LogP contribution in [0.1, 0.15) is 19.3 Å². The highest BCUT2D eigenvalue weighted by Crippen LogP contribution is 2.35. The molecule has 0 unspecified atom stereocenters. The molecular formula is C15H20N6O2. The van der Waals surface area contributed by atoms with Gasteiger partial charge in [-0.25, -0.2) is 0 Å². The van der Waals surface area contributed by atoms with Crippen LogP contribution in [0.5, 0.6) is 11.8 Å². The van der Waals surface area contributed by atoms with Crippen LogP contribution in [-0.4, -0.2) is 57.4 Å². The highest BCUT2D eigenvalue weighted by molar-refractivity contribution is 5.51. The first-order chi connectivity index (χ1) is 11.2. The summed E-state index contributed by atoms with van der Waals surface area (Å²) in [5.74, 6) is 2.38. The lowest BCUT2D eigenvalue weighted by Crippen LogP contribution is -2.55. The van der Waals surface area contributed by atoms with E-state index in [0.717, 1.165) is 38.9 Å². The predicted octanol–water partition coefficient (Wildman–Crippen LogP) is 1.57. The third-order valence-corrected chi connectivity index (χ3v) is 4.61. The fourth-order valence-corrected chi connectivity index (χ4v) is 3.24. The number of anilines is 2. The zero-order valence-corrected chi connectivity index (χ0v) is 13.1. The molecule has 0 atom stereocenters. The molecule has 5 rings (SSSR count). The van der Waals surface area contributed by atoms with Crippen molar-refractivity contribution in [2.75, 3.05) is 32.1 Å². The van der Waals surface area contributed by atoms with E-state index < -0.39 is 0 Å². The van der Waals surface area contributed by atoms with Crippen molar-refractivity contribution in [1.29, 1.82) is 0 Å². The summed E-state index contributed by atoms with van der Waals surface area (Å²) in [7, 11) is 1.57. The molecule has 2 aromatic rings. The van der Waals surface area contributed by atoms with Gasteiger partial charge < -0.3 is 19.7 Å². The monoisotopic (exact) mass is 316 g/mol. The lowest BCUT2D eigenvalue weighted by atomic mass is 9.83. The number of nitrogens with zero attached hydrogens (tertiary/aromatic N) is 4. The summed E-state index contributed by atoms with van der Waals surface area (Å²) in [4.78, 5) is 11.2. The zero-order chi connectivity index (χ0) is 15.7. The molecule has 2 aromatic heterocycles. The van der Waals surface area contributed by atoms with Crippen molar-refractivity contribution in [3.8, 4) is 11.8 Å². The summed E-state index contributed by atoms with van der Waals surface area (Å²) in [5, 5.41) is 9.93. The molecule has 23 heavy (non-hydrogen) atoms. The molecule has 2 N–H and O–H groups in total. The second-order valence-electron chi connectivity index (χ2n) is 6.07. The summed E-state index contributed by atoms with van der Waals surface area (Å²) >= 11 is 0. The number of aromatic nitrogens is 4. The number of methoxy groups -OCH3 is 1. The molecule has 0 spiro atoms. The molecule has 0 amide bonds. The van der Waals surface area contributed by atoms with Crippen LogP contribution in [-0.2, 0) is 0 Å². The van der Waals surface area contributed by atoms with Gasteiger partial charge in [0.25, 0.3) is 0 Å². The minimum atomic E-state index is -0.0702. The zero-order valence-electron chi connectivity index (χ0n) is 13.1. The highest BCUT2D eigenvalue weighted by Gasteiger charge is 2.41. The number of aromatic amines is 1. The number of H-pyrrole nitrogens is 1. The van der Waals surface area contributed by atoms with E-state index in [1.54, 1.807) is 25.6 Å². The molecule has 3 saturated heterocycles. The molecule has 0 radical (unpaired) electrons. The van der Waals surface area contributed by atoms with E-state index >= 15 is 0 Å². The third-order valence-electron chi connectivity index (χ3n) is 4.61. The number of rotatable bonds is 5. The van der Waals surface area contributed by atoms with Gasteiger partial charge in [-0.1, -0.05) is 0 Å². The molecule has 122 valence electrons. The minimum absolute atomic E-state index is 0.0702. The van der Waals surface area contributed by atoms with Crippen molar-refractivity contribution in [3.63, 3.8) is 0 Å². The Hall–Kier alpha value is -2.35. The average molecular weight is 316 g/mol. The summed E-state index contributed by atoms with van der Waals surface area (Å²) in [6, 6.07) is 1.75. The molecule has 8 nitrogen and oxygen atoms in total. The highest BCUT2D eigenvalue weighted by atomic mass is 16.5. The largest absolute Gasteiger partial charge is 0.480 e. The summed E-state index contributed by atoms with van der Waals surface area (Å²) in [6.45, 7) is 3.33. The third kappa shape index (κ3) is 2.94. The smallest absolute Gasteiger partial charge is 0.234 e. The maximum atomic E-state index is 6.24. The standard InChI is InChI=1S/C15H20N6O2/c1-22-13-8-11(19-20-13)17-12-9-16-10-14(18-12)23-15-2-5-21(6-3-15)7-4-15/h8-10H,2-7H2,1H3,(H2,17,18,19,20). The number of nitrogens with one attached hydrogen (secondary N) is 2. The van der Waals surface area contributed by atoms with Crippen LogP contribution in [0.2, 0.25) is 0 Å². The number of ether oxygens (including phenoxy) is 2. The fraction of sp³-hybridized carbons (Fsp3) is 0.533. The van der Waals surface area contributed by atoms with Crippen molar-refractivity contribution in [2.24, 2.45) is 0 Å². The molecule has 5 heterocycles. The van der Waals surface area contributed by atoms with Crippen molar-refractivity contribution >= 4 is 11.6 Å². The lowest BCUT2D eigenvalue weighted by molar-refractivity contribution is -0.0538. The van der Waals surface area contributed by atoms with Crippen LogP contribution in [0.15, 0.2) is 18.5 Å². The van der Waals surface area contributed by atoms with E-state index in [1.807, 2.05) is 0 Å². The molecule has 3 fully saturated rings. The Balaban J connectivity index is 1.47. The molecule has 2 bridgehead atoms. The Kier molecular flexibility index (Phi) is 3.53. The van der Waals surface area contributed by atoms with Crippen molar-refractivity contribution in [1.82, 2.24) is 25.1 Å². The van der Waals surface area contributed by atoms with E-state index in [9.17, 15) is 0 Å². The van der Waals surface area contributed by atoms with Gasteiger partial charge in [-0.3, -0.25) is 10.1 Å². The molecule has 0 saturated carbocycles. The van der Waals surface area contributed by atoms with E-state index in [-0.39, 0.29) is 5.60 Å². The summed E-state index contributed by atoms with van der Waals surface area (Å²) < 4.78 is 11.3. The SMILES string of the molecule is COc1cc(Nc2cncc(OC34CCN(CC3)CC4)n2)[nH]n1. The summed E-state index contributed by atoms with van der Waals surface area (Å²) in [5.41, 5.74) is -0.0702. The van der Waals surface area contributed by atoms with Gasteiger partial charge in [-0.2, -0.15) is 4.98 Å². The molecule has 0 aromatic carbocycles. The molecule has 8 heteroatoms. The first-order valence-corrected chi connectivity index (χ1v) is 7.85. The van der Waals surface area contributed by atoms with Crippen molar-refractivity contribution < 1.29 is 9.47 Å². The molecule has 3 aliphatic rings. The Labute approximate surface area is 134 Å². The first kappa shape index (κ1) is 14.3. The topological polar surface area (TPSA) is 88.2 Å². The van der Waals surface area contributed by atoms with Crippen LogP contribution in [0.4, 0.5) is 11.6 Å². The number of hydrogen-bond donors (Lipinski definition) is 2. The second-order valence-corrected chi connectivity index (χ2v) is 6.07. The van der Waals surface area contributed by atoms with Crippen LogP contribution < -0.4 is 14.8 Å². The summed E-state index contributed by atoms with van der Waals surface area (Å²) in [6.07, 6.45) is 6.51. The molecule has 3 aliphatic heterocycles. The van der Waals surface area contributed by atoms with Gasteiger partial charge in [0.2, 0.25) is 11.8 Å². The second kappa shape index (κ2) is 5.69. The molecular weight excluding hydrogens is 296 g/mol. The maximum Gasteiger partial charge on any atom is 0.234 e. The molecule has 0 aliphatic carbocycles. The van der Waals surface area contributed by atoms with Crippen molar-refractivity contribution in [3.05, 3.63) is 18.5 Å². The Morgan fingerprint density at radius 3 is 2.65 bits per heavy atom. The van der Waals surface area contributed by atoms with Gasteiger partial charge in [0.05, 0.1) is 19.5 Å². The minimum Gasteiger partial charge on any atom is -0.480 e. The van der Waals surface area contributed by atoms with Crippen LogP contribution in [0.25, 0.3) is 0 Å². The van der Waals surface area contributed by atoms with Gasteiger partial charge >= 0.3 is 0 Å². The van der Waals surface area contributed by atoms with E-state index in [1.165, 1.54) is 0 Å².